The van der Waals surface area contributed by atoms with Gasteiger partial charge in [-0.05, 0) is 48.2 Å². The van der Waals surface area contributed by atoms with Crippen LogP contribution in [0.3, 0.4) is 0 Å². The van der Waals surface area contributed by atoms with Gasteiger partial charge in [-0.2, -0.15) is 4.31 Å². The molecule has 0 bridgehead atoms. The van der Waals surface area contributed by atoms with Gasteiger partial charge >= 0.3 is 0 Å². The summed E-state index contributed by atoms with van der Waals surface area (Å²) >= 11 is 0. The van der Waals surface area contributed by atoms with Gasteiger partial charge in [0.2, 0.25) is 10.0 Å². The van der Waals surface area contributed by atoms with E-state index in [0.29, 0.717) is 18.2 Å². The number of ether oxygens (including phenoxy) is 1. The van der Waals surface area contributed by atoms with Gasteiger partial charge in [-0.3, -0.25) is 4.79 Å². The van der Waals surface area contributed by atoms with Crippen LogP contribution in [-0.2, 0) is 27.9 Å². The zero-order valence-electron chi connectivity index (χ0n) is 19.8. The highest BCUT2D eigenvalue weighted by molar-refractivity contribution is 7.89. The van der Waals surface area contributed by atoms with E-state index in [1.807, 2.05) is 74.5 Å². The molecule has 3 aromatic rings. The van der Waals surface area contributed by atoms with Crippen molar-refractivity contribution in [1.82, 2.24) is 9.62 Å². The fourth-order valence-corrected chi connectivity index (χ4v) is 4.76. The molecular formula is C27H32N2O4S. The van der Waals surface area contributed by atoms with Crippen LogP contribution in [0.15, 0.2) is 89.8 Å². The number of carbonyl (C=O) groups is 1. The van der Waals surface area contributed by atoms with Gasteiger partial charge in [-0.25, -0.2) is 8.42 Å². The van der Waals surface area contributed by atoms with Crippen molar-refractivity contribution in [2.24, 2.45) is 5.92 Å². The lowest BCUT2D eigenvalue weighted by molar-refractivity contribution is -0.127. The van der Waals surface area contributed by atoms with Gasteiger partial charge in [-0.15, -0.1) is 0 Å². The number of nitrogens with one attached hydrogen (secondary N) is 1. The van der Waals surface area contributed by atoms with Crippen LogP contribution in [0, 0.1) is 5.92 Å². The first-order chi connectivity index (χ1) is 16.3. The predicted octanol–water partition coefficient (Wildman–Crippen LogP) is 4.62. The highest BCUT2D eigenvalue weighted by Crippen LogP contribution is 2.24. The average Bonchev–Trinajstić information content (AvgIpc) is 2.83. The van der Waals surface area contributed by atoms with E-state index in [1.165, 1.54) is 16.4 Å². The third kappa shape index (κ3) is 7.17. The second kappa shape index (κ2) is 11.8. The molecular weight excluding hydrogens is 448 g/mol. The van der Waals surface area contributed by atoms with E-state index in [4.69, 9.17) is 4.74 Å². The minimum atomic E-state index is -3.78. The summed E-state index contributed by atoms with van der Waals surface area (Å²) in [6.45, 7) is 6.78. The Morgan fingerprint density at radius 3 is 1.79 bits per heavy atom. The van der Waals surface area contributed by atoms with Crippen LogP contribution in [0.25, 0.3) is 0 Å². The Hall–Kier alpha value is -3.16. The summed E-state index contributed by atoms with van der Waals surface area (Å²) in [5.41, 5.74) is 1.81. The lowest BCUT2D eigenvalue weighted by atomic mass is 10.2. The second-order valence-corrected chi connectivity index (χ2v) is 10.6. The normalized spacial score (nSPS) is 12.5. The van der Waals surface area contributed by atoms with Crippen molar-refractivity contribution in [1.29, 1.82) is 0 Å². The Balaban J connectivity index is 1.77. The maximum absolute atomic E-state index is 13.6. The van der Waals surface area contributed by atoms with Crippen LogP contribution in [-0.4, -0.2) is 31.3 Å². The SMILES string of the molecule is CC(C)CNC(=O)[C@@H](C)Oc1ccc(S(=O)(=O)N(Cc2ccccc2)Cc2ccccc2)cc1. The first-order valence-corrected chi connectivity index (χ1v) is 12.8. The van der Waals surface area contributed by atoms with Gasteiger partial charge in [0.25, 0.3) is 5.91 Å². The molecule has 0 unspecified atom stereocenters. The Bertz CT molecular complexity index is 1110. The number of rotatable bonds is 11. The Morgan fingerprint density at radius 1 is 0.824 bits per heavy atom. The highest BCUT2D eigenvalue weighted by Gasteiger charge is 2.25. The van der Waals surface area contributed by atoms with Crippen LogP contribution >= 0.6 is 0 Å². The number of amides is 1. The molecule has 180 valence electrons. The number of hydrogen-bond acceptors (Lipinski definition) is 4. The smallest absolute Gasteiger partial charge is 0.260 e. The summed E-state index contributed by atoms with van der Waals surface area (Å²) in [4.78, 5) is 12.3. The molecule has 0 radical (unpaired) electrons. The summed E-state index contributed by atoms with van der Waals surface area (Å²) < 4.78 is 34.3. The van der Waals surface area contributed by atoms with Crippen LogP contribution in [0.1, 0.15) is 31.9 Å². The third-order valence-electron chi connectivity index (χ3n) is 5.23. The second-order valence-electron chi connectivity index (χ2n) is 8.61. The molecule has 34 heavy (non-hydrogen) atoms. The quantitative estimate of drug-likeness (QED) is 0.435. The number of sulfonamides is 1. The van der Waals surface area contributed by atoms with E-state index in [1.54, 1.807) is 19.1 Å². The van der Waals surface area contributed by atoms with Crippen molar-refractivity contribution in [3.63, 3.8) is 0 Å². The molecule has 0 aliphatic heterocycles. The molecule has 0 fully saturated rings. The highest BCUT2D eigenvalue weighted by atomic mass is 32.2. The van der Waals surface area contributed by atoms with Gasteiger partial charge in [0, 0.05) is 19.6 Å². The van der Waals surface area contributed by atoms with Crippen LogP contribution in [0.2, 0.25) is 0 Å². The monoisotopic (exact) mass is 480 g/mol. The fourth-order valence-electron chi connectivity index (χ4n) is 3.35. The molecule has 0 aliphatic rings. The maximum atomic E-state index is 13.6. The van der Waals surface area contributed by atoms with Crippen molar-refractivity contribution in [2.45, 2.75) is 44.9 Å². The lowest BCUT2D eigenvalue weighted by Crippen LogP contribution is -2.38. The standard InChI is InChI=1S/C27H32N2O4S/c1-21(2)18-28-27(30)22(3)33-25-14-16-26(17-15-25)34(31,32)29(19-23-10-6-4-7-11-23)20-24-12-8-5-9-13-24/h4-17,21-22H,18-20H2,1-3H3,(H,28,30)/t22-/m1/s1. The molecule has 7 heteroatoms. The molecule has 1 atom stereocenters. The van der Waals surface area contributed by atoms with Crippen LogP contribution in [0.5, 0.6) is 5.75 Å². The molecule has 0 aromatic heterocycles. The van der Waals surface area contributed by atoms with E-state index >= 15 is 0 Å². The molecule has 0 heterocycles. The molecule has 1 amide bonds. The van der Waals surface area contributed by atoms with E-state index in [9.17, 15) is 13.2 Å². The largest absolute Gasteiger partial charge is 0.481 e. The van der Waals surface area contributed by atoms with E-state index < -0.39 is 16.1 Å². The zero-order chi connectivity index (χ0) is 24.6. The number of nitrogens with zero attached hydrogens (tertiary/aromatic N) is 1. The van der Waals surface area contributed by atoms with E-state index in [-0.39, 0.29) is 23.9 Å². The number of carbonyl (C=O) groups excluding carboxylic acids is 1. The van der Waals surface area contributed by atoms with Crippen molar-refractivity contribution >= 4 is 15.9 Å². The van der Waals surface area contributed by atoms with Crippen LogP contribution < -0.4 is 10.1 Å². The van der Waals surface area contributed by atoms with Gasteiger partial charge in [0.05, 0.1) is 4.90 Å². The minimum absolute atomic E-state index is 0.170. The van der Waals surface area contributed by atoms with E-state index in [2.05, 4.69) is 5.32 Å². The van der Waals surface area contributed by atoms with Gasteiger partial charge in [-0.1, -0.05) is 74.5 Å². The first kappa shape index (κ1) is 25.5. The van der Waals surface area contributed by atoms with Crippen molar-refractivity contribution in [3.05, 3.63) is 96.1 Å². The van der Waals surface area contributed by atoms with Crippen LogP contribution in [0.4, 0.5) is 0 Å². The molecule has 0 aliphatic carbocycles. The first-order valence-electron chi connectivity index (χ1n) is 11.4. The number of benzene rings is 3. The summed E-state index contributed by atoms with van der Waals surface area (Å²) in [6.07, 6.45) is -0.686. The summed E-state index contributed by atoms with van der Waals surface area (Å²) in [6, 6.07) is 25.3. The van der Waals surface area contributed by atoms with Gasteiger partial charge in [0.15, 0.2) is 6.10 Å². The van der Waals surface area contributed by atoms with Crippen molar-refractivity contribution < 1.29 is 17.9 Å². The summed E-state index contributed by atoms with van der Waals surface area (Å²) in [7, 11) is -3.78. The molecule has 0 spiro atoms. The zero-order valence-corrected chi connectivity index (χ0v) is 20.7. The predicted molar refractivity (Wildman–Crippen MR) is 134 cm³/mol. The molecule has 6 nitrogen and oxygen atoms in total. The summed E-state index contributed by atoms with van der Waals surface area (Å²) in [5, 5.41) is 2.83. The maximum Gasteiger partial charge on any atom is 0.260 e. The van der Waals surface area contributed by atoms with Gasteiger partial charge < -0.3 is 10.1 Å². The topological polar surface area (TPSA) is 75.7 Å². The molecule has 1 N–H and O–H groups in total. The Labute approximate surface area is 202 Å². The molecule has 0 saturated heterocycles. The minimum Gasteiger partial charge on any atom is -0.481 e. The van der Waals surface area contributed by atoms with Gasteiger partial charge in [0.1, 0.15) is 5.75 Å². The molecule has 3 rings (SSSR count). The van der Waals surface area contributed by atoms with E-state index in [0.717, 1.165) is 11.1 Å². The molecule has 0 saturated carbocycles. The Morgan fingerprint density at radius 2 is 1.32 bits per heavy atom. The fraction of sp³-hybridized carbons (Fsp3) is 0.296. The number of hydrogen-bond donors (Lipinski definition) is 1. The Kier molecular flexibility index (Phi) is 8.85. The average molecular weight is 481 g/mol. The molecule has 3 aromatic carbocycles. The van der Waals surface area contributed by atoms with Crippen molar-refractivity contribution in [3.8, 4) is 5.75 Å². The van der Waals surface area contributed by atoms with Crippen molar-refractivity contribution in [2.75, 3.05) is 6.54 Å². The third-order valence-corrected chi connectivity index (χ3v) is 7.04. The summed E-state index contributed by atoms with van der Waals surface area (Å²) in [5.74, 6) is 0.571. The lowest BCUT2D eigenvalue weighted by Gasteiger charge is -2.23.